The largest absolute Gasteiger partial charge is 0.465 e. The van der Waals surface area contributed by atoms with E-state index >= 15 is 0 Å². The van der Waals surface area contributed by atoms with E-state index in [1.165, 1.54) is 23.9 Å². The van der Waals surface area contributed by atoms with Gasteiger partial charge in [-0.3, -0.25) is 0 Å². The van der Waals surface area contributed by atoms with E-state index in [-0.39, 0.29) is 9.77 Å². The maximum absolute atomic E-state index is 12.7. The number of rotatable bonds is 3. The highest BCUT2D eigenvalue weighted by Crippen LogP contribution is 2.27. The fraction of sp³-hybridized carbons (Fsp3) is 0.615. The van der Waals surface area contributed by atoms with Gasteiger partial charge in [0.2, 0.25) is 10.0 Å². The van der Waals surface area contributed by atoms with Crippen molar-refractivity contribution in [2.24, 2.45) is 0 Å². The van der Waals surface area contributed by atoms with Crippen LogP contribution in [0.25, 0.3) is 0 Å². The van der Waals surface area contributed by atoms with E-state index in [1.54, 1.807) is 5.38 Å². The molecule has 1 saturated heterocycles. The smallest absolute Gasteiger partial charge is 0.349 e. The number of hydrogen-bond donors (Lipinski definition) is 0. The summed E-state index contributed by atoms with van der Waals surface area (Å²) in [6.45, 7) is 1.05. The third kappa shape index (κ3) is 3.21. The number of thiophene rings is 1. The van der Waals surface area contributed by atoms with Gasteiger partial charge in [0.05, 0.1) is 7.11 Å². The molecule has 20 heavy (non-hydrogen) atoms. The van der Waals surface area contributed by atoms with Crippen LogP contribution in [0.2, 0.25) is 0 Å². The van der Waals surface area contributed by atoms with Gasteiger partial charge < -0.3 is 4.74 Å². The number of esters is 1. The summed E-state index contributed by atoms with van der Waals surface area (Å²) in [5.74, 6) is -0.592. The Kier molecular flexibility index (Phi) is 5.17. The lowest BCUT2D eigenvalue weighted by Gasteiger charge is -2.24. The van der Waals surface area contributed by atoms with Crippen LogP contribution in [0.5, 0.6) is 0 Å². The first-order valence-electron chi connectivity index (χ1n) is 6.73. The molecule has 0 atom stereocenters. The van der Waals surface area contributed by atoms with E-state index < -0.39 is 16.0 Å². The zero-order valence-electron chi connectivity index (χ0n) is 11.5. The van der Waals surface area contributed by atoms with Gasteiger partial charge >= 0.3 is 5.97 Å². The van der Waals surface area contributed by atoms with Crippen molar-refractivity contribution in [3.05, 3.63) is 16.3 Å². The van der Waals surface area contributed by atoms with Gasteiger partial charge in [-0.2, -0.15) is 4.31 Å². The van der Waals surface area contributed by atoms with E-state index in [1.807, 2.05) is 0 Å². The van der Waals surface area contributed by atoms with E-state index in [2.05, 4.69) is 4.74 Å². The summed E-state index contributed by atoms with van der Waals surface area (Å²) in [5, 5.41) is 1.61. The van der Waals surface area contributed by atoms with Crippen LogP contribution in [0, 0.1) is 0 Å². The van der Waals surface area contributed by atoms with Gasteiger partial charge in [0.15, 0.2) is 0 Å². The summed E-state index contributed by atoms with van der Waals surface area (Å²) in [6.07, 6.45) is 5.02. The molecule has 0 bridgehead atoms. The molecule has 0 amide bonds. The quantitative estimate of drug-likeness (QED) is 0.804. The molecule has 2 rings (SSSR count). The van der Waals surface area contributed by atoms with Gasteiger partial charge in [0.25, 0.3) is 0 Å². The average molecular weight is 317 g/mol. The van der Waals surface area contributed by atoms with Crippen LogP contribution in [0.3, 0.4) is 0 Å². The number of carbonyl (C=O) groups is 1. The second kappa shape index (κ2) is 6.69. The molecule has 1 aromatic heterocycles. The molecule has 1 aromatic rings. The normalized spacial score (nSPS) is 18.2. The fourth-order valence-electron chi connectivity index (χ4n) is 2.34. The van der Waals surface area contributed by atoms with Crippen molar-refractivity contribution in [1.82, 2.24) is 4.31 Å². The predicted molar refractivity (Wildman–Crippen MR) is 77.5 cm³/mol. The zero-order chi connectivity index (χ0) is 14.6. The lowest BCUT2D eigenvalue weighted by Crippen LogP contribution is -2.34. The highest BCUT2D eigenvalue weighted by atomic mass is 32.2. The summed E-state index contributed by atoms with van der Waals surface area (Å²) in [5.41, 5.74) is 0. The molecule has 112 valence electrons. The summed E-state index contributed by atoms with van der Waals surface area (Å²) < 4.78 is 31.5. The van der Waals surface area contributed by atoms with Crippen molar-refractivity contribution in [2.75, 3.05) is 20.2 Å². The van der Waals surface area contributed by atoms with Crippen LogP contribution in [-0.4, -0.2) is 38.9 Å². The Balaban J connectivity index is 2.29. The van der Waals surface area contributed by atoms with Crippen LogP contribution >= 0.6 is 11.3 Å². The Bertz CT molecular complexity index is 557. The first kappa shape index (κ1) is 15.5. The lowest BCUT2D eigenvalue weighted by molar-refractivity contribution is 0.0602. The zero-order valence-corrected chi connectivity index (χ0v) is 13.1. The van der Waals surface area contributed by atoms with Gasteiger partial charge in [-0.15, -0.1) is 11.3 Å². The van der Waals surface area contributed by atoms with Gasteiger partial charge in [-0.1, -0.05) is 19.3 Å². The highest BCUT2D eigenvalue weighted by molar-refractivity contribution is 7.89. The highest BCUT2D eigenvalue weighted by Gasteiger charge is 2.30. The molecule has 1 aliphatic heterocycles. The average Bonchev–Trinajstić information content (AvgIpc) is 2.86. The van der Waals surface area contributed by atoms with Crippen molar-refractivity contribution in [2.45, 2.75) is 37.0 Å². The fourth-order valence-corrected chi connectivity index (χ4v) is 5.17. The number of carbonyl (C=O) groups excluding carboxylic acids is 1. The van der Waals surface area contributed by atoms with Crippen LogP contribution < -0.4 is 0 Å². The van der Waals surface area contributed by atoms with Gasteiger partial charge in [-0.25, -0.2) is 13.2 Å². The van der Waals surface area contributed by atoms with E-state index in [9.17, 15) is 13.2 Å². The maximum atomic E-state index is 12.7. The minimum absolute atomic E-state index is 0.0786. The third-order valence-corrected chi connectivity index (χ3v) is 6.40. The Morgan fingerprint density at radius 3 is 2.40 bits per heavy atom. The first-order chi connectivity index (χ1) is 9.57. The Morgan fingerprint density at radius 2 is 1.80 bits per heavy atom. The van der Waals surface area contributed by atoms with Crippen molar-refractivity contribution >= 4 is 27.3 Å². The molecular weight excluding hydrogens is 298 g/mol. The van der Waals surface area contributed by atoms with Crippen molar-refractivity contribution in [1.29, 1.82) is 0 Å². The van der Waals surface area contributed by atoms with E-state index in [0.29, 0.717) is 13.1 Å². The number of nitrogens with zero attached hydrogens (tertiary/aromatic N) is 1. The van der Waals surface area contributed by atoms with Crippen molar-refractivity contribution in [3.63, 3.8) is 0 Å². The van der Waals surface area contributed by atoms with Crippen LogP contribution in [0.4, 0.5) is 0 Å². The number of hydrogen-bond acceptors (Lipinski definition) is 5. The molecule has 0 N–H and O–H groups in total. The SMILES string of the molecule is COC(=O)c1sccc1S(=O)(=O)N1CCCCCCC1. The molecule has 1 fully saturated rings. The van der Waals surface area contributed by atoms with Crippen LogP contribution in [0.15, 0.2) is 16.3 Å². The molecule has 0 unspecified atom stereocenters. The molecule has 1 aliphatic rings. The molecule has 0 spiro atoms. The predicted octanol–water partition coefficient (Wildman–Crippen LogP) is 2.49. The summed E-state index contributed by atoms with van der Waals surface area (Å²) in [6, 6.07) is 1.49. The van der Waals surface area contributed by atoms with Gasteiger partial charge in [-0.05, 0) is 24.3 Å². The van der Waals surface area contributed by atoms with Gasteiger partial charge in [0, 0.05) is 13.1 Å². The van der Waals surface area contributed by atoms with Crippen molar-refractivity contribution in [3.8, 4) is 0 Å². The Hall–Kier alpha value is -0.920. The molecular formula is C13H19NO4S2. The lowest BCUT2D eigenvalue weighted by atomic mass is 10.1. The molecule has 7 heteroatoms. The van der Waals surface area contributed by atoms with Gasteiger partial charge in [0.1, 0.15) is 9.77 Å². The van der Waals surface area contributed by atoms with E-state index in [4.69, 9.17) is 0 Å². The van der Waals surface area contributed by atoms with Crippen molar-refractivity contribution < 1.29 is 17.9 Å². The molecule has 0 aromatic carbocycles. The third-order valence-electron chi connectivity index (χ3n) is 3.43. The molecule has 2 heterocycles. The second-order valence-corrected chi connectivity index (χ2v) is 7.60. The molecule has 0 radical (unpaired) electrons. The number of ether oxygens (including phenoxy) is 1. The monoisotopic (exact) mass is 317 g/mol. The second-order valence-electron chi connectivity index (χ2n) is 4.78. The van der Waals surface area contributed by atoms with Crippen LogP contribution in [0.1, 0.15) is 41.8 Å². The number of methoxy groups -OCH3 is 1. The van der Waals surface area contributed by atoms with E-state index in [0.717, 1.165) is 37.0 Å². The Morgan fingerprint density at radius 1 is 1.20 bits per heavy atom. The summed E-state index contributed by atoms with van der Waals surface area (Å²) >= 11 is 1.10. The minimum atomic E-state index is -3.60. The number of sulfonamides is 1. The topological polar surface area (TPSA) is 63.7 Å². The standard InChI is InChI=1S/C13H19NO4S2/c1-18-13(15)12-11(7-10-19-12)20(16,17)14-8-5-3-2-4-6-9-14/h7,10H,2-6,8-9H2,1H3. The molecule has 0 aliphatic carbocycles. The molecule has 0 saturated carbocycles. The Labute approximate surface area is 123 Å². The van der Waals surface area contributed by atoms with Crippen LogP contribution in [-0.2, 0) is 14.8 Å². The molecule has 5 nitrogen and oxygen atoms in total. The summed E-state index contributed by atoms with van der Waals surface area (Å²) in [4.78, 5) is 11.9. The summed E-state index contributed by atoms with van der Waals surface area (Å²) in [7, 11) is -2.34. The minimum Gasteiger partial charge on any atom is -0.465 e. The maximum Gasteiger partial charge on any atom is 0.349 e. The first-order valence-corrected chi connectivity index (χ1v) is 9.05.